The first-order chi connectivity index (χ1) is 13.7. The molecule has 1 aromatic heterocycles. The van der Waals surface area contributed by atoms with Gasteiger partial charge in [-0.2, -0.15) is 0 Å². The van der Waals surface area contributed by atoms with E-state index < -0.39 is 0 Å². The van der Waals surface area contributed by atoms with Crippen LogP contribution in [0.4, 0.5) is 5.13 Å². The number of methoxy groups -OCH3 is 2. The van der Waals surface area contributed by atoms with Crippen molar-refractivity contribution in [1.82, 2.24) is 4.98 Å². The van der Waals surface area contributed by atoms with E-state index in [2.05, 4.69) is 34.6 Å². The lowest BCUT2D eigenvalue weighted by atomic mass is 10.1. The molecule has 28 heavy (non-hydrogen) atoms. The summed E-state index contributed by atoms with van der Waals surface area (Å²) in [5, 5.41) is 7.67. The Morgan fingerprint density at radius 2 is 1.71 bits per heavy atom. The second kappa shape index (κ2) is 7.70. The van der Waals surface area contributed by atoms with Crippen LogP contribution in [0.1, 0.15) is 10.4 Å². The Kier molecular flexibility index (Phi) is 4.95. The molecule has 140 valence electrons. The molecular formula is C22H18N2O3S. The van der Waals surface area contributed by atoms with E-state index >= 15 is 0 Å². The SMILES string of the molecule is COc1ccc(C(=O)Nc2nc(-c3ccc4ccccc4c3)cs2)cc1OC. The lowest BCUT2D eigenvalue weighted by molar-refractivity contribution is 0.102. The van der Waals surface area contributed by atoms with Gasteiger partial charge in [-0.25, -0.2) is 4.98 Å². The van der Waals surface area contributed by atoms with E-state index in [4.69, 9.17) is 9.47 Å². The molecule has 0 aliphatic rings. The van der Waals surface area contributed by atoms with Crippen molar-refractivity contribution in [2.75, 3.05) is 19.5 Å². The fraction of sp³-hybridized carbons (Fsp3) is 0.0909. The number of nitrogens with one attached hydrogen (secondary N) is 1. The molecule has 0 unspecified atom stereocenters. The van der Waals surface area contributed by atoms with E-state index in [0.29, 0.717) is 22.2 Å². The molecule has 4 aromatic rings. The predicted molar refractivity (Wildman–Crippen MR) is 113 cm³/mol. The summed E-state index contributed by atoms with van der Waals surface area (Å²) in [6, 6.07) is 19.4. The topological polar surface area (TPSA) is 60.5 Å². The maximum Gasteiger partial charge on any atom is 0.257 e. The number of hydrogen-bond acceptors (Lipinski definition) is 5. The first kappa shape index (κ1) is 18.0. The third kappa shape index (κ3) is 3.54. The summed E-state index contributed by atoms with van der Waals surface area (Å²) in [4.78, 5) is 17.1. The zero-order valence-corrected chi connectivity index (χ0v) is 16.2. The largest absolute Gasteiger partial charge is 0.493 e. The quantitative estimate of drug-likeness (QED) is 0.507. The Morgan fingerprint density at radius 3 is 2.50 bits per heavy atom. The van der Waals surface area contributed by atoms with Crippen molar-refractivity contribution in [2.45, 2.75) is 0 Å². The fourth-order valence-corrected chi connectivity index (χ4v) is 3.67. The van der Waals surface area contributed by atoms with Gasteiger partial charge in [0.05, 0.1) is 19.9 Å². The maximum absolute atomic E-state index is 12.6. The highest BCUT2D eigenvalue weighted by Gasteiger charge is 2.13. The molecule has 0 saturated carbocycles. The van der Waals surface area contributed by atoms with Crippen LogP contribution in [0.3, 0.4) is 0 Å². The minimum absolute atomic E-state index is 0.250. The van der Waals surface area contributed by atoms with Gasteiger partial charge in [0.2, 0.25) is 0 Å². The van der Waals surface area contributed by atoms with Gasteiger partial charge in [-0.3, -0.25) is 10.1 Å². The normalized spacial score (nSPS) is 10.6. The summed E-state index contributed by atoms with van der Waals surface area (Å²) in [5.74, 6) is 0.832. The van der Waals surface area contributed by atoms with Crippen molar-refractivity contribution in [3.05, 3.63) is 71.6 Å². The van der Waals surface area contributed by atoms with Gasteiger partial charge < -0.3 is 9.47 Å². The van der Waals surface area contributed by atoms with E-state index in [-0.39, 0.29) is 5.91 Å². The van der Waals surface area contributed by atoms with Crippen molar-refractivity contribution >= 4 is 33.1 Å². The molecule has 1 heterocycles. The molecule has 4 rings (SSSR count). The Morgan fingerprint density at radius 1 is 0.929 bits per heavy atom. The number of anilines is 1. The molecule has 0 fully saturated rings. The van der Waals surface area contributed by atoms with E-state index in [1.165, 1.54) is 23.8 Å². The lowest BCUT2D eigenvalue weighted by Crippen LogP contribution is -2.11. The molecule has 0 spiro atoms. The highest BCUT2D eigenvalue weighted by atomic mass is 32.1. The minimum atomic E-state index is -0.250. The molecule has 0 saturated heterocycles. The Hall–Kier alpha value is -3.38. The summed E-state index contributed by atoms with van der Waals surface area (Å²) < 4.78 is 10.5. The zero-order chi connectivity index (χ0) is 19.5. The van der Waals surface area contributed by atoms with Crippen LogP contribution in [0.25, 0.3) is 22.0 Å². The van der Waals surface area contributed by atoms with Crippen LogP contribution in [0.15, 0.2) is 66.0 Å². The highest BCUT2D eigenvalue weighted by Crippen LogP contribution is 2.30. The van der Waals surface area contributed by atoms with Crippen LogP contribution >= 0.6 is 11.3 Å². The van der Waals surface area contributed by atoms with Gasteiger partial charge in [-0.1, -0.05) is 36.4 Å². The Bertz CT molecular complexity index is 1150. The summed E-state index contributed by atoms with van der Waals surface area (Å²) in [6.07, 6.45) is 0. The second-order valence-electron chi connectivity index (χ2n) is 6.12. The van der Waals surface area contributed by atoms with Crippen molar-refractivity contribution < 1.29 is 14.3 Å². The molecule has 0 radical (unpaired) electrons. The van der Waals surface area contributed by atoms with Crippen LogP contribution in [0.2, 0.25) is 0 Å². The number of carbonyl (C=O) groups is 1. The van der Waals surface area contributed by atoms with Crippen LogP contribution in [-0.2, 0) is 0 Å². The van der Waals surface area contributed by atoms with Gasteiger partial charge in [0.1, 0.15) is 0 Å². The number of ether oxygens (including phenoxy) is 2. The van der Waals surface area contributed by atoms with Gasteiger partial charge in [-0.05, 0) is 35.0 Å². The minimum Gasteiger partial charge on any atom is -0.493 e. The van der Waals surface area contributed by atoms with Crippen LogP contribution in [0, 0.1) is 0 Å². The standard InChI is InChI=1S/C22H18N2O3S/c1-26-19-10-9-17(12-20(19)27-2)21(25)24-22-23-18(13-28-22)16-8-7-14-5-3-4-6-15(14)11-16/h3-13H,1-2H3,(H,23,24,25). The average molecular weight is 390 g/mol. The summed E-state index contributed by atoms with van der Waals surface area (Å²) in [6.45, 7) is 0. The summed E-state index contributed by atoms with van der Waals surface area (Å²) in [7, 11) is 3.09. The monoisotopic (exact) mass is 390 g/mol. The van der Waals surface area contributed by atoms with E-state index in [1.807, 2.05) is 23.6 Å². The summed E-state index contributed by atoms with van der Waals surface area (Å²) >= 11 is 1.39. The molecule has 0 atom stereocenters. The van der Waals surface area contributed by atoms with E-state index in [9.17, 15) is 4.79 Å². The number of amides is 1. The zero-order valence-electron chi connectivity index (χ0n) is 15.4. The number of fused-ring (bicyclic) bond motifs is 1. The van der Waals surface area contributed by atoms with E-state index in [1.54, 1.807) is 25.3 Å². The number of carbonyl (C=O) groups excluding carboxylic acids is 1. The number of benzene rings is 3. The smallest absolute Gasteiger partial charge is 0.257 e. The first-order valence-electron chi connectivity index (χ1n) is 8.66. The van der Waals surface area contributed by atoms with Crippen LogP contribution < -0.4 is 14.8 Å². The van der Waals surface area contributed by atoms with Gasteiger partial charge in [0.15, 0.2) is 16.6 Å². The van der Waals surface area contributed by atoms with Gasteiger partial charge in [0, 0.05) is 16.5 Å². The first-order valence-corrected chi connectivity index (χ1v) is 9.54. The third-order valence-corrected chi connectivity index (χ3v) is 5.17. The summed E-state index contributed by atoms with van der Waals surface area (Å²) in [5.41, 5.74) is 2.32. The van der Waals surface area contributed by atoms with E-state index in [0.717, 1.165) is 16.6 Å². The molecule has 0 aliphatic carbocycles. The van der Waals surface area contributed by atoms with Crippen LogP contribution in [0.5, 0.6) is 11.5 Å². The number of rotatable bonds is 5. The molecule has 0 aliphatic heterocycles. The molecule has 0 bridgehead atoms. The number of aromatic nitrogens is 1. The molecular weight excluding hydrogens is 372 g/mol. The second-order valence-corrected chi connectivity index (χ2v) is 6.98. The highest BCUT2D eigenvalue weighted by molar-refractivity contribution is 7.14. The maximum atomic E-state index is 12.6. The number of thiazole rings is 1. The Labute approximate surface area is 166 Å². The average Bonchev–Trinajstić information content (AvgIpc) is 3.21. The Balaban J connectivity index is 1.55. The van der Waals surface area contributed by atoms with Crippen molar-refractivity contribution in [3.63, 3.8) is 0 Å². The van der Waals surface area contributed by atoms with Crippen molar-refractivity contribution in [3.8, 4) is 22.8 Å². The molecule has 1 N–H and O–H groups in total. The van der Waals surface area contributed by atoms with Gasteiger partial charge in [0.25, 0.3) is 5.91 Å². The number of hydrogen-bond donors (Lipinski definition) is 1. The lowest BCUT2D eigenvalue weighted by Gasteiger charge is -2.09. The molecule has 6 heteroatoms. The van der Waals surface area contributed by atoms with Crippen molar-refractivity contribution in [2.24, 2.45) is 0 Å². The third-order valence-electron chi connectivity index (χ3n) is 4.42. The number of nitrogens with zero attached hydrogens (tertiary/aromatic N) is 1. The van der Waals surface area contributed by atoms with Gasteiger partial charge >= 0.3 is 0 Å². The van der Waals surface area contributed by atoms with Crippen LogP contribution in [-0.4, -0.2) is 25.1 Å². The van der Waals surface area contributed by atoms with Gasteiger partial charge in [-0.15, -0.1) is 11.3 Å². The predicted octanol–water partition coefficient (Wildman–Crippen LogP) is 5.23. The molecule has 1 amide bonds. The fourth-order valence-electron chi connectivity index (χ4n) is 2.96. The molecule has 5 nitrogen and oxygen atoms in total. The van der Waals surface area contributed by atoms with Crippen molar-refractivity contribution in [1.29, 1.82) is 0 Å². The molecule has 3 aromatic carbocycles.